The predicted octanol–water partition coefficient (Wildman–Crippen LogP) is 2.74. The van der Waals surface area contributed by atoms with E-state index in [0.717, 1.165) is 11.3 Å². The van der Waals surface area contributed by atoms with Crippen LogP contribution in [-0.4, -0.2) is 29.2 Å². The minimum absolute atomic E-state index is 0.139. The van der Waals surface area contributed by atoms with E-state index in [2.05, 4.69) is 5.32 Å². The third-order valence-electron chi connectivity index (χ3n) is 5.07. The summed E-state index contributed by atoms with van der Waals surface area (Å²) in [5.74, 6) is -1.19. The topological polar surface area (TPSA) is 66.5 Å². The van der Waals surface area contributed by atoms with Gasteiger partial charge in [0.05, 0.1) is 21.9 Å². The zero-order chi connectivity index (χ0) is 17.0. The maximum Gasteiger partial charge on any atom is 0.244 e. The van der Waals surface area contributed by atoms with Crippen molar-refractivity contribution in [1.82, 2.24) is 4.90 Å². The fourth-order valence-corrected chi connectivity index (χ4v) is 4.34. The monoisotopic (exact) mass is 364 g/mol. The maximum atomic E-state index is 12.5. The Morgan fingerprint density at radius 3 is 2.29 bits per heavy atom. The van der Waals surface area contributed by atoms with E-state index in [9.17, 15) is 14.4 Å². The molecule has 1 heterocycles. The molecule has 0 spiro atoms. The van der Waals surface area contributed by atoms with Crippen molar-refractivity contribution in [2.75, 3.05) is 11.9 Å². The van der Waals surface area contributed by atoms with Crippen LogP contribution in [-0.2, 0) is 14.4 Å². The molecule has 3 amide bonds. The number of carbonyl (C=O) groups is 3. The number of carbonyl (C=O) groups excluding carboxylic acids is 3. The first-order chi connectivity index (χ1) is 11.5. The maximum absolute atomic E-state index is 12.5. The van der Waals surface area contributed by atoms with Crippen LogP contribution in [0.25, 0.3) is 0 Å². The Morgan fingerprint density at radius 2 is 1.71 bits per heavy atom. The molecule has 5 nitrogen and oxygen atoms in total. The summed E-state index contributed by atoms with van der Waals surface area (Å²) in [7, 11) is 0. The van der Waals surface area contributed by atoms with Gasteiger partial charge in [0, 0.05) is 5.69 Å². The van der Waals surface area contributed by atoms with Crippen LogP contribution in [0.4, 0.5) is 5.69 Å². The Kier molecular flexibility index (Phi) is 3.66. The lowest BCUT2D eigenvalue weighted by Gasteiger charge is -2.17. The van der Waals surface area contributed by atoms with Crippen LogP contribution in [0.15, 0.2) is 30.4 Å². The molecule has 24 heavy (non-hydrogen) atoms. The van der Waals surface area contributed by atoms with Gasteiger partial charge >= 0.3 is 0 Å². The first-order valence-electron chi connectivity index (χ1n) is 7.74. The molecule has 1 aliphatic heterocycles. The minimum Gasteiger partial charge on any atom is -0.324 e. The number of allylic oxidation sites excluding steroid dienone is 2. The molecule has 7 heteroatoms. The van der Waals surface area contributed by atoms with Crippen LogP contribution in [0, 0.1) is 23.7 Å². The summed E-state index contributed by atoms with van der Waals surface area (Å²) in [5.41, 5.74) is 0.468. The predicted molar refractivity (Wildman–Crippen MR) is 89.5 cm³/mol. The van der Waals surface area contributed by atoms with E-state index >= 15 is 0 Å². The molecule has 2 aliphatic carbocycles. The molecule has 1 aromatic carbocycles. The van der Waals surface area contributed by atoms with Gasteiger partial charge in [0.15, 0.2) is 0 Å². The first-order valence-corrected chi connectivity index (χ1v) is 8.50. The van der Waals surface area contributed by atoms with Gasteiger partial charge in [-0.25, -0.2) is 0 Å². The highest BCUT2D eigenvalue weighted by Gasteiger charge is 2.59. The zero-order valence-corrected chi connectivity index (χ0v) is 14.1. The van der Waals surface area contributed by atoms with Crippen LogP contribution in [0.2, 0.25) is 10.0 Å². The molecule has 3 aliphatic rings. The molecule has 2 bridgehead atoms. The molecule has 2 fully saturated rings. The summed E-state index contributed by atoms with van der Waals surface area (Å²) in [6.45, 7) is -0.273. The van der Waals surface area contributed by atoms with Gasteiger partial charge < -0.3 is 5.32 Å². The summed E-state index contributed by atoms with van der Waals surface area (Å²) in [6.07, 6.45) is 4.92. The summed E-state index contributed by atoms with van der Waals surface area (Å²) in [4.78, 5) is 38.4. The number of fused-ring (bicyclic) bond motifs is 5. The van der Waals surface area contributed by atoms with E-state index in [1.54, 1.807) is 12.1 Å². The van der Waals surface area contributed by atoms with Gasteiger partial charge in [-0.3, -0.25) is 19.3 Å². The Hall–Kier alpha value is -1.85. The third kappa shape index (κ3) is 2.34. The van der Waals surface area contributed by atoms with Crippen molar-refractivity contribution in [3.05, 3.63) is 40.4 Å². The van der Waals surface area contributed by atoms with E-state index in [1.807, 2.05) is 12.2 Å². The quantitative estimate of drug-likeness (QED) is 0.662. The average Bonchev–Trinajstić information content (AvgIpc) is 3.21. The molecule has 124 valence electrons. The standard InChI is InChI=1S/C17H14Cl2N2O3/c18-11-4-3-10(6-12(11)19)20-13(22)7-21-16(23)14-8-1-2-9(5-8)15(14)17(21)24/h1-4,6,8-9,14-15H,5,7H2,(H,20,22)/t8-,9-,14-,15-/m0/s1. The van der Waals surface area contributed by atoms with Crippen molar-refractivity contribution in [2.45, 2.75) is 6.42 Å². The van der Waals surface area contributed by atoms with Gasteiger partial charge in [0.25, 0.3) is 0 Å². The molecular weight excluding hydrogens is 351 g/mol. The van der Waals surface area contributed by atoms with Crippen molar-refractivity contribution in [1.29, 1.82) is 0 Å². The number of benzene rings is 1. The number of hydrogen-bond acceptors (Lipinski definition) is 3. The van der Waals surface area contributed by atoms with Crippen molar-refractivity contribution >= 4 is 46.6 Å². The number of anilines is 1. The summed E-state index contributed by atoms with van der Waals surface area (Å²) < 4.78 is 0. The van der Waals surface area contributed by atoms with Crippen LogP contribution in [0.5, 0.6) is 0 Å². The summed E-state index contributed by atoms with van der Waals surface area (Å²) in [5, 5.41) is 3.34. The number of amides is 3. The second-order valence-electron chi connectivity index (χ2n) is 6.44. The van der Waals surface area contributed by atoms with Crippen molar-refractivity contribution in [2.24, 2.45) is 23.7 Å². The number of hydrogen-bond donors (Lipinski definition) is 1. The van der Waals surface area contributed by atoms with Gasteiger partial charge in [-0.1, -0.05) is 35.4 Å². The van der Waals surface area contributed by atoms with E-state index in [4.69, 9.17) is 23.2 Å². The average molecular weight is 365 g/mol. The van der Waals surface area contributed by atoms with E-state index < -0.39 is 5.91 Å². The number of nitrogens with one attached hydrogen (secondary N) is 1. The smallest absolute Gasteiger partial charge is 0.244 e. The normalized spacial score (nSPS) is 30.2. The second-order valence-corrected chi connectivity index (χ2v) is 7.25. The molecule has 1 saturated carbocycles. The van der Waals surface area contributed by atoms with E-state index in [-0.39, 0.29) is 42.0 Å². The fraction of sp³-hybridized carbons (Fsp3) is 0.353. The number of likely N-dealkylation sites (tertiary alicyclic amines) is 1. The molecule has 1 N–H and O–H groups in total. The minimum atomic E-state index is -0.435. The summed E-state index contributed by atoms with van der Waals surface area (Å²) >= 11 is 11.7. The molecule has 4 rings (SSSR count). The van der Waals surface area contributed by atoms with Gasteiger partial charge in [0.1, 0.15) is 6.54 Å². The number of rotatable bonds is 3. The Balaban J connectivity index is 1.46. The molecule has 0 unspecified atom stereocenters. The van der Waals surface area contributed by atoms with Crippen molar-refractivity contribution in [3.63, 3.8) is 0 Å². The number of halogens is 2. The second kappa shape index (κ2) is 5.60. The van der Waals surface area contributed by atoms with Crippen molar-refractivity contribution in [3.8, 4) is 0 Å². The van der Waals surface area contributed by atoms with E-state index in [0.29, 0.717) is 15.7 Å². The third-order valence-corrected chi connectivity index (χ3v) is 5.81. The van der Waals surface area contributed by atoms with E-state index in [1.165, 1.54) is 6.07 Å². The lowest BCUT2D eigenvalue weighted by atomic mass is 9.85. The molecule has 4 atom stereocenters. The highest BCUT2D eigenvalue weighted by Crippen LogP contribution is 2.52. The van der Waals surface area contributed by atoms with Gasteiger partial charge in [-0.2, -0.15) is 0 Å². The Morgan fingerprint density at radius 1 is 1.08 bits per heavy atom. The molecule has 1 saturated heterocycles. The first kappa shape index (κ1) is 15.7. The fourth-order valence-electron chi connectivity index (χ4n) is 4.04. The lowest BCUT2D eigenvalue weighted by Crippen LogP contribution is -2.39. The Bertz CT molecular complexity index is 762. The van der Waals surface area contributed by atoms with Gasteiger partial charge in [-0.05, 0) is 36.5 Å². The van der Waals surface area contributed by atoms with Crippen LogP contribution < -0.4 is 5.32 Å². The Labute approximate surface area is 148 Å². The van der Waals surface area contributed by atoms with Crippen LogP contribution in [0.1, 0.15) is 6.42 Å². The highest BCUT2D eigenvalue weighted by atomic mass is 35.5. The molecule has 1 aromatic rings. The molecule has 0 radical (unpaired) electrons. The van der Waals surface area contributed by atoms with Crippen LogP contribution in [0.3, 0.4) is 0 Å². The zero-order valence-electron chi connectivity index (χ0n) is 12.5. The largest absolute Gasteiger partial charge is 0.324 e. The SMILES string of the molecule is O=C(CN1C(=O)[C@@H]2[C@@H](C1=O)[C@H]1C=C[C@H]2C1)Nc1ccc(Cl)c(Cl)c1. The van der Waals surface area contributed by atoms with Gasteiger partial charge in [-0.15, -0.1) is 0 Å². The highest BCUT2D eigenvalue weighted by molar-refractivity contribution is 6.42. The van der Waals surface area contributed by atoms with Gasteiger partial charge in [0.2, 0.25) is 17.7 Å². The summed E-state index contributed by atoms with van der Waals surface area (Å²) in [6, 6.07) is 4.70. The lowest BCUT2D eigenvalue weighted by molar-refractivity contribution is -0.143. The molecule has 0 aromatic heterocycles. The molecular formula is C17H14Cl2N2O3. The number of nitrogens with zero attached hydrogens (tertiary/aromatic N) is 1. The van der Waals surface area contributed by atoms with Crippen molar-refractivity contribution < 1.29 is 14.4 Å². The number of imide groups is 1. The van der Waals surface area contributed by atoms with Crippen LogP contribution >= 0.6 is 23.2 Å².